The Bertz CT molecular complexity index is 564. The maximum Gasteiger partial charge on any atom is 0.256 e. The Kier molecular flexibility index (Phi) is 4.59. The third-order valence-corrected chi connectivity index (χ3v) is 3.96. The second-order valence-electron chi connectivity index (χ2n) is 5.18. The molecule has 1 fully saturated rings. The number of aliphatic hydroxyl groups is 1. The van der Waals surface area contributed by atoms with Gasteiger partial charge < -0.3 is 10.0 Å². The first-order chi connectivity index (χ1) is 9.90. The lowest BCUT2D eigenvalue weighted by Crippen LogP contribution is -2.53. The Morgan fingerprint density at radius 2 is 2.29 bits per heavy atom. The van der Waals surface area contributed by atoms with Gasteiger partial charge >= 0.3 is 0 Å². The van der Waals surface area contributed by atoms with Gasteiger partial charge in [0.05, 0.1) is 6.20 Å². The van der Waals surface area contributed by atoms with Crippen LogP contribution < -0.4 is 4.90 Å². The van der Waals surface area contributed by atoms with Crippen LogP contribution in [0.2, 0.25) is 5.28 Å². The molecular weight excluding hydrogens is 302 g/mol. The van der Waals surface area contributed by atoms with E-state index in [1.807, 2.05) is 6.07 Å². The Morgan fingerprint density at radius 3 is 2.90 bits per heavy atom. The molecule has 1 aliphatic rings. The monoisotopic (exact) mass is 316 g/mol. The molecule has 1 aliphatic heterocycles. The number of hydrogen-bond acceptors (Lipinski definition) is 5. The Labute approximate surface area is 126 Å². The minimum atomic E-state index is -2.86. The Hall–Kier alpha value is -1.52. The van der Waals surface area contributed by atoms with Crippen molar-refractivity contribution in [2.75, 3.05) is 24.6 Å². The second kappa shape index (κ2) is 6.08. The molecule has 0 bridgehead atoms. The first kappa shape index (κ1) is 15.9. The summed E-state index contributed by atoms with van der Waals surface area (Å²) in [5.41, 5.74) is 0.194. The summed E-state index contributed by atoms with van der Waals surface area (Å²) in [5.74, 6) is -4.50. The highest BCUT2D eigenvalue weighted by molar-refractivity contribution is 6.28. The van der Waals surface area contributed by atoms with E-state index >= 15 is 0 Å². The molecule has 1 saturated heterocycles. The highest BCUT2D eigenvalue weighted by atomic mass is 35.5. The molecular formula is C13H15ClF2N4O. The summed E-state index contributed by atoms with van der Waals surface area (Å²) in [6.45, 7) is 1.22. The molecule has 8 heteroatoms. The summed E-state index contributed by atoms with van der Waals surface area (Å²) >= 11 is 5.74. The maximum absolute atomic E-state index is 14.1. The highest BCUT2D eigenvalue weighted by Gasteiger charge is 2.49. The van der Waals surface area contributed by atoms with Crippen LogP contribution in [0, 0.1) is 23.2 Å². The number of nitriles is 1. The molecule has 1 aromatic rings. The van der Waals surface area contributed by atoms with Gasteiger partial charge in [-0.3, -0.25) is 0 Å². The van der Waals surface area contributed by atoms with E-state index in [1.165, 1.54) is 13.1 Å². The molecule has 114 valence electrons. The van der Waals surface area contributed by atoms with Gasteiger partial charge in [0, 0.05) is 31.5 Å². The molecule has 2 rings (SSSR count). The van der Waals surface area contributed by atoms with Crippen molar-refractivity contribution < 1.29 is 13.9 Å². The number of aliphatic hydroxyl groups excluding tert-OH is 1. The van der Waals surface area contributed by atoms with Gasteiger partial charge in [0.15, 0.2) is 5.82 Å². The number of anilines is 1. The zero-order valence-electron chi connectivity index (χ0n) is 11.4. The first-order valence-electron chi connectivity index (χ1n) is 6.56. The van der Waals surface area contributed by atoms with E-state index in [0.29, 0.717) is 0 Å². The lowest BCUT2D eigenvalue weighted by atomic mass is 9.84. The predicted molar refractivity (Wildman–Crippen MR) is 73.3 cm³/mol. The standard InChI is InChI=1S/C13H15ClF2N4O/c1-8-6-20(7-10(2-3-21)13(8,15)16)11-9(4-17)5-18-12(14)19-11/h5,8,10,21H,2-3,6-7H2,1H3/t8-,10+/m1/s1. The second-order valence-corrected chi connectivity index (χ2v) is 5.52. The number of hydrogen-bond donors (Lipinski definition) is 1. The quantitative estimate of drug-likeness (QED) is 0.864. The van der Waals surface area contributed by atoms with Crippen molar-refractivity contribution in [3.63, 3.8) is 0 Å². The largest absolute Gasteiger partial charge is 0.396 e. The van der Waals surface area contributed by atoms with Crippen LogP contribution in [-0.4, -0.2) is 40.7 Å². The molecule has 2 heterocycles. The van der Waals surface area contributed by atoms with Crippen molar-refractivity contribution in [3.05, 3.63) is 17.0 Å². The molecule has 1 N–H and O–H groups in total. The summed E-state index contributed by atoms with van der Waals surface area (Å²) < 4.78 is 28.3. The molecule has 0 spiro atoms. The van der Waals surface area contributed by atoms with Crippen LogP contribution in [0.5, 0.6) is 0 Å². The van der Waals surface area contributed by atoms with Crippen LogP contribution in [-0.2, 0) is 0 Å². The van der Waals surface area contributed by atoms with Crippen LogP contribution >= 0.6 is 11.6 Å². The Morgan fingerprint density at radius 1 is 1.57 bits per heavy atom. The molecule has 2 atom stereocenters. The molecule has 0 unspecified atom stereocenters. The van der Waals surface area contributed by atoms with E-state index in [0.717, 1.165) is 0 Å². The molecule has 1 aromatic heterocycles. The molecule has 0 aromatic carbocycles. The van der Waals surface area contributed by atoms with E-state index in [2.05, 4.69) is 9.97 Å². The zero-order valence-corrected chi connectivity index (χ0v) is 12.2. The maximum atomic E-state index is 14.1. The van der Waals surface area contributed by atoms with Gasteiger partial charge in [-0.05, 0) is 18.0 Å². The van der Waals surface area contributed by atoms with Crippen molar-refractivity contribution in [2.24, 2.45) is 11.8 Å². The van der Waals surface area contributed by atoms with Gasteiger partial charge in [-0.15, -0.1) is 0 Å². The third-order valence-electron chi connectivity index (χ3n) is 3.77. The molecule has 5 nitrogen and oxygen atoms in total. The summed E-state index contributed by atoms with van der Waals surface area (Å²) in [5, 5.41) is 18.0. The summed E-state index contributed by atoms with van der Waals surface area (Å²) in [7, 11) is 0. The van der Waals surface area contributed by atoms with Gasteiger partial charge in [-0.2, -0.15) is 10.2 Å². The zero-order chi connectivity index (χ0) is 15.6. The van der Waals surface area contributed by atoms with Gasteiger partial charge in [-0.25, -0.2) is 13.8 Å². The highest BCUT2D eigenvalue weighted by Crippen LogP contribution is 2.40. The Balaban J connectivity index is 2.34. The SMILES string of the molecule is C[C@@H]1CN(c2nc(Cl)ncc2C#N)C[C@H](CCO)C1(F)F. The molecule has 0 amide bonds. The van der Waals surface area contributed by atoms with Crippen molar-refractivity contribution in [1.82, 2.24) is 9.97 Å². The predicted octanol–water partition coefficient (Wildman–Crippen LogP) is 2.09. The number of nitrogens with zero attached hydrogens (tertiary/aromatic N) is 4. The topological polar surface area (TPSA) is 73.0 Å². The van der Waals surface area contributed by atoms with E-state index in [9.17, 15) is 8.78 Å². The van der Waals surface area contributed by atoms with E-state index in [4.69, 9.17) is 22.0 Å². The average Bonchev–Trinajstić information content (AvgIpc) is 2.44. The summed E-state index contributed by atoms with van der Waals surface area (Å²) in [6.07, 6.45) is 1.28. The van der Waals surface area contributed by atoms with Crippen LogP contribution in [0.25, 0.3) is 0 Å². The normalized spacial score (nSPS) is 24.7. The lowest BCUT2D eigenvalue weighted by molar-refractivity contribution is -0.116. The lowest BCUT2D eigenvalue weighted by Gasteiger charge is -2.43. The fourth-order valence-corrected chi connectivity index (χ4v) is 2.73. The van der Waals surface area contributed by atoms with Crippen LogP contribution in [0.4, 0.5) is 14.6 Å². The third kappa shape index (κ3) is 3.06. The average molecular weight is 317 g/mol. The number of rotatable bonds is 3. The minimum Gasteiger partial charge on any atom is -0.396 e. The first-order valence-corrected chi connectivity index (χ1v) is 6.94. The number of piperidine rings is 1. The van der Waals surface area contributed by atoms with Crippen molar-refractivity contribution in [3.8, 4) is 6.07 Å². The van der Waals surface area contributed by atoms with Crippen molar-refractivity contribution in [1.29, 1.82) is 5.26 Å². The van der Waals surface area contributed by atoms with Gasteiger partial charge in [-0.1, -0.05) is 6.92 Å². The molecule has 21 heavy (non-hydrogen) atoms. The van der Waals surface area contributed by atoms with Gasteiger partial charge in [0.1, 0.15) is 11.6 Å². The summed E-state index contributed by atoms with van der Waals surface area (Å²) in [6, 6.07) is 1.94. The van der Waals surface area contributed by atoms with Crippen molar-refractivity contribution >= 4 is 17.4 Å². The molecule has 0 radical (unpaired) electrons. The van der Waals surface area contributed by atoms with E-state index in [-0.39, 0.29) is 42.8 Å². The van der Waals surface area contributed by atoms with Crippen LogP contribution in [0.1, 0.15) is 18.9 Å². The van der Waals surface area contributed by atoms with E-state index < -0.39 is 17.8 Å². The van der Waals surface area contributed by atoms with Crippen LogP contribution in [0.15, 0.2) is 6.20 Å². The van der Waals surface area contributed by atoms with Crippen molar-refractivity contribution in [2.45, 2.75) is 19.3 Å². The fourth-order valence-electron chi connectivity index (χ4n) is 2.60. The minimum absolute atomic E-state index is 0.00541. The smallest absolute Gasteiger partial charge is 0.256 e. The van der Waals surface area contributed by atoms with Gasteiger partial charge in [0.25, 0.3) is 5.92 Å². The number of alkyl halides is 2. The van der Waals surface area contributed by atoms with Gasteiger partial charge in [0.2, 0.25) is 5.28 Å². The summed E-state index contributed by atoms with van der Waals surface area (Å²) in [4.78, 5) is 9.34. The molecule has 0 saturated carbocycles. The van der Waals surface area contributed by atoms with Crippen LogP contribution in [0.3, 0.4) is 0 Å². The fraction of sp³-hybridized carbons (Fsp3) is 0.615. The molecule has 0 aliphatic carbocycles. The number of aromatic nitrogens is 2. The van der Waals surface area contributed by atoms with E-state index in [1.54, 1.807) is 4.90 Å². The number of halogens is 3.